The lowest BCUT2D eigenvalue weighted by atomic mass is 10.0. The SMILES string of the molecule is COc1ccc(C(=O)Oc2ccc(C=NNC(=O)c3[nH]c4c(C(F)(F)F)cccc4c3-c3ccccc3)cc2OC)cc1. The van der Waals surface area contributed by atoms with Crippen LogP contribution in [0, 0.1) is 0 Å². The molecule has 2 N–H and O–H groups in total. The van der Waals surface area contributed by atoms with Crippen LogP contribution in [0.2, 0.25) is 0 Å². The average molecular weight is 588 g/mol. The number of fused-ring (bicyclic) bond motifs is 1. The van der Waals surface area contributed by atoms with Gasteiger partial charge in [0.2, 0.25) is 0 Å². The molecule has 218 valence electrons. The number of nitrogens with zero attached hydrogens (tertiary/aromatic N) is 1. The maximum atomic E-state index is 13.7. The van der Waals surface area contributed by atoms with Crippen LogP contribution in [0.4, 0.5) is 13.2 Å². The van der Waals surface area contributed by atoms with Crippen molar-refractivity contribution in [2.24, 2.45) is 5.10 Å². The van der Waals surface area contributed by atoms with Crippen LogP contribution in [0.25, 0.3) is 22.0 Å². The molecular formula is C32H24F3N3O5. The smallest absolute Gasteiger partial charge is 0.418 e. The van der Waals surface area contributed by atoms with Crippen molar-refractivity contribution < 1.29 is 37.0 Å². The number of carbonyl (C=O) groups is 2. The van der Waals surface area contributed by atoms with E-state index in [9.17, 15) is 22.8 Å². The first-order valence-electron chi connectivity index (χ1n) is 12.8. The maximum absolute atomic E-state index is 13.7. The first-order chi connectivity index (χ1) is 20.7. The molecule has 5 aromatic rings. The number of H-pyrrole nitrogens is 1. The van der Waals surface area contributed by atoms with Crippen LogP contribution in [-0.4, -0.2) is 37.3 Å². The zero-order valence-electron chi connectivity index (χ0n) is 22.9. The van der Waals surface area contributed by atoms with E-state index in [-0.39, 0.29) is 28.1 Å². The van der Waals surface area contributed by atoms with E-state index in [1.165, 1.54) is 38.6 Å². The number of esters is 1. The van der Waals surface area contributed by atoms with Crippen molar-refractivity contribution in [1.29, 1.82) is 0 Å². The van der Waals surface area contributed by atoms with Gasteiger partial charge in [0, 0.05) is 10.9 Å². The number of ether oxygens (including phenoxy) is 3. The number of hydrogen-bond donors (Lipinski definition) is 2. The van der Waals surface area contributed by atoms with Crippen molar-refractivity contribution in [3.8, 4) is 28.4 Å². The third-order valence-electron chi connectivity index (χ3n) is 6.52. The standard InChI is InChI=1S/C32H24F3N3O5/c1-41-22-14-12-21(13-15-22)31(40)43-25-16-11-19(17-26(25)42-2)18-36-38-30(39)29-27(20-7-4-3-5-8-20)23-9-6-10-24(28(23)37-29)32(33,34)35/h3-18,37H,1-2H3,(H,38,39). The number of hydrazone groups is 1. The molecule has 0 fully saturated rings. The summed E-state index contributed by atoms with van der Waals surface area (Å²) in [5.74, 6) is -0.349. The number of nitrogens with one attached hydrogen (secondary N) is 2. The third kappa shape index (κ3) is 6.20. The predicted molar refractivity (Wildman–Crippen MR) is 155 cm³/mol. The summed E-state index contributed by atoms with van der Waals surface area (Å²) in [5, 5.41) is 4.23. The number of hydrogen-bond acceptors (Lipinski definition) is 6. The number of aromatic nitrogens is 1. The van der Waals surface area contributed by atoms with Crippen LogP contribution in [0.3, 0.4) is 0 Å². The van der Waals surface area contributed by atoms with Crippen molar-refractivity contribution in [1.82, 2.24) is 10.4 Å². The molecule has 0 radical (unpaired) electrons. The highest BCUT2D eigenvalue weighted by Crippen LogP contribution is 2.39. The molecule has 0 atom stereocenters. The highest BCUT2D eigenvalue weighted by atomic mass is 19.4. The molecule has 0 saturated heterocycles. The van der Waals surface area contributed by atoms with E-state index < -0.39 is 23.6 Å². The number of halogens is 3. The fraction of sp³-hybridized carbons (Fsp3) is 0.0938. The molecule has 0 aliphatic heterocycles. The van der Waals surface area contributed by atoms with Gasteiger partial charge in [0.1, 0.15) is 11.4 Å². The predicted octanol–water partition coefficient (Wildman–Crippen LogP) is 6.85. The van der Waals surface area contributed by atoms with Gasteiger partial charge in [0.25, 0.3) is 5.91 Å². The number of aromatic amines is 1. The van der Waals surface area contributed by atoms with Crippen LogP contribution in [0.1, 0.15) is 32.0 Å². The molecule has 11 heteroatoms. The quantitative estimate of drug-likeness (QED) is 0.0895. The summed E-state index contributed by atoms with van der Waals surface area (Å²) in [6.07, 6.45) is -3.31. The van der Waals surface area contributed by atoms with Gasteiger partial charge >= 0.3 is 12.1 Å². The Hall–Kier alpha value is -5.58. The van der Waals surface area contributed by atoms with E-state index in [0.717, 1.165) is 6.07 Å². The Morgan fingerprint density at radius 1 is 0.860 bits per heavy atom. The van der Waals surface area contributed by atoms with Crippen molar-refractivity contribution in [2.75, 3.05) is 14.2 Å². The summed E-state index contributed by atoms with van der Waals surface area (Å²) < 4.78 is 57.1. The summed E-state index contributed by atoms with van der Waals surface area (Å²) in [5.41, 5.74) is 2.89. The van der Waals surface area contributed by atoms with Crippen molar-refractivity contribution >= 4 is 29.0 Å². The number of amides is 1. The Bertz CT molecular complexity index is 1810. The molecule has 0 bridgehead atoms. The molecule has 0 spiro atoms. The normalized spacial score (nSPS) is 11.5. The highest BCUT2D eigenvalue weighted by Gasteiger charge is 2.34. The van der Waals surface area contributed by atoms with Crippen LogP contribution in [-0.2, 0) is 6.18 Å². The van der Waals surface area contributed by atoms with Gasteiger partial charge < -0.3 is 19.2 Å². The lowest BCUT2D eigenvalue weighted by Crippen LogP contribution is -2.19. The van der Waals surface area contributed by atoms with Gasteiger partial charge in [0.05, 0.1) is 37.1 Å². The molecule has 0 saturated carbocycles. The van der Waals surface area contributed by atoms with Gasteiger partial charge in [-0.3, -0.25) is 4.79 Å². The molecule has 0 aliphatic rings. The lowest BCUT2D eigenvalue weighted by molar-refractivity contribution is -0.136. The van der Waals surface area contributed by atoms with Crippen molar-refractivity contribution in [3.05, 3.63) is 113 Å². The van der Waals surface area contributed by atoms with Crippen LogP contribution < -0.4 is 19.6 Å². The molecule has 0 unspecified atom stereocenters. The number of methoxy groups -OCH3 is 2. The van der Waals surface area contributed by atoms with Crippen molar-refractivity contribution in [2.45, 2.75) is 6.18 Å². The van der Waals surface area contributed by atoms with Gasteiger partial charge in [-0.25, -0.2) is 10.2 Å². The minimum absolute atomic E-state index is 0.0755. The molecular weight excluding hydrogens is 563 g/mol. The van der Waals surface area contributed by atoms with E-state index in [1.807, 2.05) is 0 Å². The Kier molecular flexibility index (Phi) is 8.15. The topological polar surface area (TPSA) is 102 Å². The number of carbonyl (C=O) groups excluding carboxylic acids is 2. The number of benzene rings is 4. The second-order valence-corrected chi connectivity index (χ2v) is 9.19. The van der Waals surface area contributed by atoms with Gasteiger partial charge in [-0.1, -0.05) is 42.5 Å². The first kappa shape index (κ1) is 28.9. The molecule has 1 aromatic heterocycles. The summed E-state index contributed by atoms with van der Waals surface area (Å²) in [6, 6.07) is 23.5. The second-order valence-electron chi connectivity index (χ2n) is 9.19. The minimum Gasteiger partial charge on any atom is -0.497 e. The Morgan fingerprint density at radius 2 is 1.60 bits per heavy atom. The lowest BCUT2D eigenvalue weighted by Gasteiger charge is -2.10. The molecule has 1 heterocycles. The molecule has 4 aromatic carbocycles. The number of alkyl halides is 3. The fourth-order valence-electron chi connectivity index (χ4n) is 4.48. The van der Waals surface area contributed by atoms with Gasteiger partial charge in [0.15, 0.2) is 11.5 Å². The highest BCUT2D eigenvalue weighted by molar-refractivity contribution is 6.10. The number of rotatable bonds is 8. The monoisotopic (exact) mass is 587 g/mol. The van der Waals surface area contributed by atoms with Crippen LogP contribution in [0.15, 0.2) is 96.1 Å². The Labute approximate surface area is 243 Å². The largest absolute Gasteiger partial charge is 0.497 e. The van der Waals surface area contributed by atoms with Gasteiger partial charge in [-0.2, -0.15) is 18.3 Å². The van der Waals surface area contributed by atoms with Crippen LogP contribution >= 0.6 is 0 Å². The molecule has 0 aliphatic carbocycles. The van der Waals surface area contributed by atoms with E-state index in [1.54, 1.807) is 66.7 Å². The molecule has 5 rings (SSSR count). The third-order valence-corrected chi connectivity index (χ3v) is 6.52. The van der Waals surface area contributed by atoms with Gasteiger partial charge in [-0.05, 0) is 59.7 Å². The van der Waals surface area contributed by atoms with Gasteiger partial charge in [-0.15, -0.1) is 0 Å². The summed E-state index contributed by atoms with van der Waals surface area (Å²) in [4.78, 5) is 28.4. The maximum Gasteiger partial charge on any atom is 0.418 e. The van der Waals surface area contributed by atoms with E-state index >= 15 is 0 Å². The number of para-hydroxylation sites is 1. The van der Waals surface area contributed by atoms with E-state index in [4.69, 9.17) is 14.2 Å². The molecule has 43 heavy (non-hydrogen) atoms. The second kappa shape index (κ2) is 12.1. The van der Waals surface area contributed by atoms with E-state index in [2.05, 4.69) is 15.5 Å². The minimum atomic E-state index is -4.63. The first-order valence-corrected chi connectivity index (χ1v) is 12.8. The summed E-state index contributed by atoms with van der Waals surface area (Å²) in [7, 11) is 2.92. The summed E-state index contributed by atoms with van der Waals surface area (Å²) >= 11 is 0. The fourth-order valence-corrected chi connectivity index (χ4v) is 4.48. The molecule has 8 nitrogen and oxygen atoms in total. The Balaban J connectivity index is 1.37. The zero-order valence-corrected chi connectivity index (χ0v) is 22.9. The average Bonchev–Trinajstić information content (AvgIpc) is 3.41. The molecule has 1 amide bonds. The zero-order chi connectivity index (χ0) is 30.6. The Morgan fingerprint density at radius 3 is 2.28 bits per heavy atom. The summed E-state index contributed by atoms with van der Waals surface area (Å²) in [6.45, 7) is 0. The van der Waals surface area contributed by atoms with E-state index in [0.29, 0.717) is 28.0 Å². The van der Waals surface area contributed by atoms with Crippen molar-refractivity contribution in [3.63, 3.8) is 0 Å². The van der Waals surface area contributed by atoms with Crippen LogP contribution in [0.5, 0.6) is 17.2 Å².